The van der Waals surface area contributed by atoms with Crippen LogP contribution in [0.25, 0.3) is 0 Å². The normalized spacial score (nSPS) is 14.5. The highest BCUT2D eigenvalue weighted by Gasteiger charge is 2.35. The molecule has 0 bridgehead atoms. The van der Waals surface area contributed by atoms with E-state index in [-0.39, 0.29) is 35.9 Å². The van der Waals surface area contributed by atoms with E-state index in [0.29, 0.717) is 17.5 Å². The smallest absolute Gasteiger partial charge is 0.261 e. The van der Waals surface area contributed by atoms with Crippen LogP contribution in [-0.4, -0.2) is 55.6 Å². The Morgan fingerprint density at radius 1 is 1.04 bits per heavy atom. The van der Waals surface area contributed by atoms with Gasteiger partial charge in [-0.2, -0.15) is 0 Å². The molecule has 3 amide bonds. The van der Waals surface area contributed by atoms with E-state index in [4.69, 9.17) is 0 Å². The average Bonchev–Trinajstić information content (AvgIpc) is 2.75. The van der Waals surface area contributed by atoms with Crippen molar-refractivity contribution in [3.63, 3.8) is 0 Å². The summed E-state index contributed by atoms with van der Waals surface area (Å²) in [6.07, 6.45) is 0.308. The third-order valence-electron chi connectivity index (χ3n) is 3.93. The Morgan fingerprint density at radius 3 is 2.08 bits per heavy atom. The Hall–Kier alpha value is -2.22. The fourth-order valence-corrected chi connectivity index (χ4v) is 3.74. The molecule has 0 aliphatic carbocycles. The van der Waals surface area contributed by atoms with Crippen LogP contribution in [0.4, 0.5) is 0 Å². The van der Waals surface area contributed by atoms with Gasteiger partial charge in [0.2, 0.25) is 5.91 Å². The van der Waals surface area contributed by atoms with E-state index in [1.54, 1.807) is 24.3 Å². The molecule has 1 heterocycles. The molecule has 1 aliphatic rings. The van der Waals surface area contributed by atoms with Crippen LogP contribution in [0.15, 0.2) is 24.3 Å². The van der Waals surface area contributed by atoms with Crippen molar-refractivity contribution in [2.75, 3.05) is 24.6 Å². The highest BCUT2D eigenvalue weighted by atomic mass is 32.2. The van der Waals surface area contributed by atoms with E-state index in [1.165, 1.54) is 0 Å². The second-order valence-corrected chi connectivity index (χ2v) is 9.85. The molecule has 8 heteroatoms. The Labute approximate surface area is 153 Å². The van der Waals surface area contributed by atoms with Gasteiger partial charge in [-0.25, -0.2) is 8.42 Å². The quantitative estimate of drug-likeness (QED) is 0.718. The Balaban J connectivity index is 1.85. The molecule has 0 atom stereocenters. The van der Waals surface area contributed by atoms with Crippen molar-refractivity contribution < 1.29 is 22.8 Å². The van der Waals surface area contributed by atoms with Crippen molar-refractivity contribution in [3.05, 3.63) is 35.4 Å². The van der Waals surface area contributed by atoms with E-state index in [1.807, 2.05) is 20.8 Å². The van der Waals surface area contributed by atoms with Crippen molar-refractivity contribution >= 4 is 27.6 Å². The minimum absolute atomic E-state index is 0.0133. The number of imide groups is 1. The highest BCUT2D eigenvalue weighted by molar-refractivity contribution is 7.91. The van der Waals surface area contributed by atoms with Crippen LogP contribution < -0.4 is 5.32 Å². The van der Waals surface area contributed by atoms with Crippen LogP contribution in [0.5, 0.6) is 0 Å². The topological polar surface area (TPSA) is 101 Å². The first-order valence-electron chi connectivity index (χ1n) is 8.42. The van der Waals surface area contributed by atoms with Crippen molar-refractivity contribution in [1.29, 1.82) is 0 Å². The predicted octanol–water partition coefficient (Wildman–Crippen LogP) is 1.25. The predicted molar refractivity (Wildman–Crippen MR) is 97.5 cm³/mol. The molecule has 0 spiro atoms. The number of carbonyl (C=O) groups excluding carboxylic acids is 3. The van der Waals surface area contributed by atoms with Gasteiger partial charge in [-0.15, -0.1) is 0 Å². The largest absolute Gasteiger partial charge is 0.355 e. The molecule has 1 aromatic carbocycles. The van der Waals surface area contributed by atoms with E-state index in [9.17, 15) is 22.8 Å². The maximum atomic E-state index is 12.2. The molecule has 0 fully saturated rings. The first kappa shape index (κ1) is 20.1. The van der Waals surface area contributed by atoms with Crippen molar-refractivity contribution in [2.45, 2.75) is 27.2 Å². The average molecular weight is 380 g/mol. The highest BCUT2D eigenvalue weighted by Crippen LogP contribution is 2.22. The Kier molecular flexibility index (Phi) is 5.85. The number of nitrogens with zero attached hydrogens (tertiary/aromatic N) is 1. The zero-order valence-corrected chi connectivity index (χ0v) is 16.1. The van der Waals surface area contributed by atoms with Gasteiger partial charge >= 0.3 is 0 Å². The molecule has 0 saturated heterocycles. The molecule has 2 rings (SSSR count). The molecular weight excluding hydrogens is 356 g/mol. The van der Waals surface area contributed by atoms with Crippen LogP contribution in [-0.2, 0) is 14.6 Å². The molecule has 1 N–H and O–H groups in total. The lowest BCUT2D eigenvalue weighted by molar-refractivity contribution is -0.122. The molecule has 0 aromatic heterocycles. The molecule has 1 aliphatic heterocycles. The number of nitrogens with one attached hydrogen (secondary N) is 1. The zero-order valence-electron chi connectivity index (χ0n) is 15.2. The molecule has 7 nitrogen and oxygen atoms in total. The standard InChI is InChI=1S/C18H24N2O5S/c1-18(2,3)12-15(21)19-8-10-26(24,25)11-9-20-16(22)13-6-4-5-7-14(13)17(20)23/h4-7H,8-12H2,1-3H3,(H,19,21). The van der Waals surface area contributed by atoms with Gasteiger partial charge in [-0.1, -0.05) is 32.9 Å². The lowest BCUT2D eigenvalue weighted by atomic mass is 9.92. The van der Waals surface area contributed by atoms with Crippen LogP contribution in [0.2, 0.25) is 0 Å². The third-order valence-corrected chi connectivity index (χ3v) is 5.56. The van der Waals surface area contributed by atoms with Gasteiger partial charge in [0.1, 0.15) is 0 Å². The number of amides is 3. The summed E-state index contributed by atoms with van der Waals surface area (Å²) in [7, 11) is -3.50. The second kappa shape index (κ2) is 7.57. The number of sulfone groups is 1. The summed E-state index contributed by atoms with van der Waals surface area (Å²) in [4.78, 5) is 37.1. The maximum Gasteiger partial charge on any atom is 0.261 e. The fraction of sp³-hybridized carbons (Fsp3) is 0.500. The van der Waals surface area contributed by atoms with E-state index < -0.39 is 21.7 Å². The second-order valence-electron chi connectivity index (χ2n) is 7.55. The van der Waals surface area contributed by atoms with Crippen molar-refractivity contribution in [3.8, 4) is 0 Å². The summed E-state index contributed by atoms with van der Waals surface area (Å²) < 4.78 is 24.3. The van der Waals surface area contributed by atoms with Gasteiger partial charge < -0.3 is 5.32 Å². The molecule has 0 saturated carbocycles. The number of carbonyl (C=O) groups is 3. The van der Waals surface area contributed by atoms with Crippen LogP contribution >= 0.6 is 0 Å². The molecule has 142 valence electrons. The summed E-state index contributed by atoms with van der Waals surface area (Å²) in [6, 6.07) is 6.42. The number of fused-ring (bicyclic) bond motifs is 1. The number of rotatable bonds is 7. The van der Waals surface area contributed by atoms with Gasteiger partial charge in [0.25, 0.3) is 11.8 Å². The van der Waals surface area contributed by atoms with Crippen LogP contribution in [0, 0.1) is 5.41 Å². The van der Waals surface area contributed by atoms with Crippen molar-refractivity contribution in [1.82, 2.24) is 10.2 Å². The molecule has 0 unspecified atom stereocenters. The summed E-state index contributed by atoms with van der Waals surface area (Å²) in [5.74, 6) is -1.70. The minimum atomic E-state index is -3.50. The SMILES string of the molecule is CC(C)(C)CC(=O)NCCS(=O)(=O)CCN1C(=O)c2ccccc2C1=O. The van der Waals surface area contributed by atoms with Gasteiger partial charge in [0.15, 0.2) is 9.84 Å². The summed E-state index contributed by atoms with van der Waals surface area (Å²) in [6.45, 7) is 5.59. The number of benzene rings is 1. The number of hydrogen-bond acceptors (Lipinski definition) is 5. The van der Waals surface area contributed by atoms with Gasteiger partial charge in [-0.05, 0) is 17.5 Å². The Morgan fingerprint density at radius 2 is 1.58 bits per heavy atom. The van der Waals surface area contributed by atoms with Crippen LogP contribution in [0.3, 0.4) is 0 Å². The van der Waals surface area contributed by atoms with Gasteiger partial charge in [0.05, 0.1) is 22.6 Å². The monoisotopic (exact) mass is 380 g/mol. The molecule has 1 aromatic rings. The zero-order chi connectivity index (χ0) is 19.5. The minimum Gasteiger partial charge on any atom is -0.355 e. The lowest BCUT2D eigenvalue weighted by Gasteiger charge is -2.17. The summed E-state index contributed by atoms with van der Waals surface area (Å²) >= 11 is 0. The van der Waals surface area contributed by atoms with E-state index >= 15 is 0 Å². The molecule has 0 radical (unpaired) electrons. The molecular formula is C18H24N2O5S. The summed E-state index contributed by atoms with van der Waals surface area (Å²) in [5, 5.41) is 2.59. The van der Waals surface area contributed by atoms with E-state index in [0.717, 1.165) is 4.90 Å². The first-order chi connectivity index (χ1) is 12.0. The molecule has 26 heavy (non-hydrogen) atoms. The van der Waals surface area contributed by atoms with Gasteiger partial charge in [-0.3, -0.25) is 19.3 Å². The first-order valence-corrected chi connectivity index (χ1v) is 10.2. The van der Waals surface area contributed by atoms with Crippen LogP contribution in [0.1, 0.15) is 47.9 Å². The maximum absolute atomic E-state index is 12.2. The lowest BCUT2D eigenvalue weighted by Crippen LogP contribution is -2.36. The number of hydrogen-bond donors (Lipinski definition) is 1. The fourth-order valence-electron chi connectivity index (χ4n) is 2.66. The van der Waals surface area contributed by atoms with E-state index in [2.05, 4.69) is 5.32 Å². The van der Waals surface area contributed by atoms with Gasteiger partial charge in [0, 0.05) is 19.5 Å². The third kappa shape index (κ3) is 5.14. The Bertz CT molecular complexity index is 789. The summed E-state index contributed by atoms with van der Waals surface area (Å²) in [5.41, 5.74) is 0.419. The van der Waals surface area contributed by atoms with Crippen molar-refractivity contribution in [2.24, 2.45) is 5.41 Å².